The lowest BCUT2D eigenvalue weighted by molar-refractivity contribution is -0.137. The van der Waals surface area contributed by atoms with E-state index in [1.807, 2.05) is 17.0 Å². The Balaban J connectivity index is 1.56. The van der Waals surface area contributed by atoms with E-state index in [1.165, 1.54) is 11.1 Å². The van der Waals surface area contributed by atoms with Crippen LogP contribution in [0.25, 0.3) is 0 Å². The normalized spacial score (nSPS) is 22.3. The van der Waals surface area contributed by atoms with E-state index in [4.69, 9.17) is 4.74 Å². The highest BCUT2D eigenvalue weighted by Gasteiger charge is 2.59. The summed E-state index contributed by atoms with van der Waals surface area (Å²) in [4.78, 5) is 33.0. The number of urea groups is 1. The summed E-state index contributed by atoms with van der Waals surface area (Å²) in [5, 5.41) is 0. The highest BCUT2D eigenvalue weighted by atomic mass is 16.5. The summed E-state index contributed by atoms with van der Waals surface area (Å²) < 4.78 is 5.27. The first-order chi connectivity index (χ1) is 14.0. The Morgan fingerprint density at radius 1 is 1.10 bits per heavy atom. The Hall–Kier alpha value is -1.92. The lowest BCUT2D eigenvalue weighted by Gasteiger charge is -2.42. The molecule has 4 rings (SSSR count). The van der Waals surface area contributed by atoms with Crippen LogP contribution in [0.1, 0.15) is 37.8 Å². The maximum atomic E-state index is 13.7. The number of carbonyl (C=O) groups excluding carboxylic acids is 2. The van der Waals surface area contributed by atoms with Crippen molar-refractivity contribution in [3.8, 4) is 0 Å². The van der Waals surface area contributed by atoms with E-state index in [2.05, 4.69) is 30.9 Å². The van der Waals surface area contributed by atoms with Crippen LogP contribution in [0.3, 0.4) is 0 Å². The van der Waals surface area contributed by atoms with Crippen molar-refractivity contribution in [2.75, 3.05) is 39.9 Å². The fourth-order valence-electron chi connectivity index (χ4n) is 5.38. The molecular weight excluding hydrogens is 366 g/mol. The molecule has 0 bridgehead atoms. The number of benzene rings is 1. The number of ether oxygens (including phenoxy) is 1. The van der Waals surface area contributed by atoms with E-state index < -0.39 is 5.54 Å². The SMILES string of the molecule is COCCN1C(=O)N(C2Cc3ccccc3C2)C(=O)C12CCN(CC(C)C)CC2. The molecule has 6 heteroatoms. The van der Waals surface area contributed by atoms with Gasteiger partial charge in [-0.15, -0.1) is 0 Å². The summed E-state index contributed by atoms with van der Waals surface area (Å²) in [5.41, 5.74) is 1.82. The van der Waals surface area contributed by atoms with Crippen molar-refractivity contribution in [3.63, 3.8) is 0 Å². The van der Waals surface area contributed by atoms with Crippen molar-refractivity contribution in [1.29, 1.82) is 0 Å². The maximum Gasteiger partial charge on any atom is 0.328 e. The summed E-state index contributed by atoms with van der Waals surface area (Å²) in [6.07, 6.45) is 2.96. The third kappa shape index (κ3) is 3.57. The minimum atomic E-state index is -0.697. The Bertz CT molecular complexity index is 745. The standard InChI is InChI=1S/C23H33N3O3/c1-17(2)16-24-10-8-23(9-11-24)21(27)26(22(28)25(23)12-13-29-3)20-14-18-6-4-5-7-19(18)15-20/h4-7,17,20H,8-16H2,1-3H3. The first-order valence-electron chi connectivity index (χ1n) is 10.9. The first-order valence-corrected chi connectivity index (χ1v) is 10.9. The fourth-order valence-corrected chi connectivity index (χ4v) is 5.38. The third-order valence-corrected chi connectivity index (χ3v) is 6.79. The zero-order chi connectivity index (χ0) is 20.6. The van der Waals surface area contributed by atoms with E-state index in [0.29, 0.717) is 31.9 Å². The average Bonchev–Trinajstić information content (AvgIpc) is 3.20. The van der Waals surface area contributed by atoms with Crippen LogP contribution in [-0.2, 0) is 22.4 Å². The van der Waals surface area contributed by atoms with Crippen LogP contribution in [-0.4, -0.2) is 78.1 Å². The zero-order valence-electron chi connectivity index (χ0n) is 17.9. The largest absolute Gasteiger partial charge is 0.383 e. The van der Waals surface area contributed by atoms with Crippen molar-refractivity contribution in [1.82, 2.24) is 14.7 Å². The van der Waals surface area contributed by atoms with E-state index in [0.717, 1.165) is 32.5 Å². The zero-order valence-corrected chi connectivity index (χ0v) is 17.9. The summed E-state index contributed by atoms with van der Waals surface area (Å²) in [5.74, 6) is 0.614. The van der Waals surface area contributed by atoms with Crippen LogP contribution >= 0.6 is 0 Å². The van der Waals surface area contributed by atoms with Gasteiger partial charge in [0.15, 0.2) is 0 Å². The monoisotopic (exact) mass is 399 g/mol. The van der Waals surface area contributed by atoms with Crippen LogP contribution in [0, 0.1) is 5.92 Å². The first kappa shape index (κ1) is 20.4. The highest BCUT2D eigenvalue weighted by Crippen LogP contribution is 2.40. The molecule has 158 valence electrons. The number of piperidine rings is 1. The Labute approximate surface area is 173 Å². The quantitative estimate of drug-likeness (QED) is 0.690. The van der Waals surface area contributed by atoms with Crippen molar-refractivity contribution < 1.29 is 14.3 Å². The Kier molecular flexibility index (Phi) is 5.67. The second kappa shape index (κ2) is 8.07. The highest BCUT2D eigenvalue weighted by molar-refractivity contribution is 6.07. The van der Waals surface area contributed by atoms with Gasteiger partial charge in [0.2, 0.25) is 0 Å². The fraction of sp³-hybridized carbons (Fsp3) is 0.652. The molecule has 3 amide bonds. The van der Waals surface area contributed by atoms with Crippen molar-refractivity contribution in [3.05, 3.63) is 35.4 Å². The molecule has 2 aliphatic heterocycles. The molecule has 2 heterocycles. The number of hydrogen-bond acceptors (Lipinski definition) is 4. The van der Waals surface area contributed by atoms with Crippen LogP contribution < -0.4 is 0 Å². The number of imide groups is 1. The second-order valence-electron chi connectivity index (χ2n) is 9.16. The van der Waals surface area contributed by atoms with E-state index >= 15 is 0 Å². The van der Waals surface area contributed by atoms with E-state index in [-0.39, 0.29) is 18.0 Å². The van der Waals surface area contributed by atoms with Crippen LogP contribution in [0.2, 0.25) is 0 Å². The molecule has 2 saturated heterocycles. The summed E-state index contributed by atoms with van der Waals surface area (Å²) >= 11 is 0. The van der Waals surface area contributed by atoms with Gasteiger partial charge in [-0.05, 0) is 42.7 Å². The number of rotatable bonds is 6. The van der Waals surface area contributed by atoms with Crippen molar-refractivity contribution in [2.24, 2.45) is 5.92 Å². The molecule has 0 unspecified atom stereocenters. The van der Waals surface area contributed by atoms with Gasteiger partial charge in [0.1, 0.15) is 5.54 Å². The third-order valence-electron chi connectivity index (χ3n) is 6.79. The number of hydrogen-bond donors (Lipinski definition) is 0. The topological polar surface area (TPSA) is 53.1 Å². The molecule has 0 aromatic heterocycles. The van der Waals surface area contributed by atoms with Gasteiger partial charge in [-0.3, -0.25) is 9.69 Å². The van der Waals surface area contributed by atoms with Gasteiger partial charge in [0.05, 0.1) is 6.61 Å². The Morgan fingerprint density at radius 3 is 2.28 bits per heavy atom. The molecule has 2 fully saturated rings. The number of carbonyl (C=O) groups is 2. The number of likely N-dealkylation sites (tertiary alicyclic amines) is 1. The molecule has 0 radical (unpaired) electrons. The summed E-state index contributed by atoms with van der Waals surface area (Å²) in [7, 11) is 1.64. The minimum Gasteiger partial charge on any atom is -0.383 e. The van der Waals surface area contributed by atoms with Gasteiger partial charge in [-0.25, -0.2) is 4.79 Å². The number of fused-ring (bicyclic) bond motifs is 1. The molecule has 1 aliphatic carbocycles. The van der Waals surface area contributed by atoms with Gasteiger partial charge in [0, 0.05) is 39.3 Å². The van der Waals surface area contributed by atoms with Crippen LogP contribution in [0.5, 0.6) is 0 Å². The van der Waals surface area contributed by atoms with Gasteiger partial charge in [-0.2, -0.15) is 0 Å². The molecule has 0 atom stereocenters. The predicted molar refractivity (Wildman–Crippen MR) is 112 cm³/mol. The van der Waals surface area contributed by atoms with Gasteiger partial charge in [0.25, 0.3) is 5.91 Å². The molecule has 6 nitrogen and oxygen atoms in total. The van der Waals surface area contributed by atoms with Gasteiger partial charge < -0.3 is 14.5 Å². The van der Waals surface area contributed by atoms with Gasteiger partial charge >= 0.3 is 6.03 Å². The summed E-state index contributed by atoms with van der Waals surface area (Å²) in [6.45, 7) is 8.13. The molecule has 1 spiro atoms. The molecule has 29 heavy (non-hydrogen) atoms. The van der Waals surface area contributed by atoms with Crippen LogP contribution in [0.4, 0.5) is 4.79 Å². The van der Waals surface area contributed by atoms with E-state index in [1.54, 1.807) is 12.0 Å². The second-order valence-corrected chi connectivity index (χ2v) is 9.16. The van der Waals surface area contributed by atoms with Crippen LogP contribution in [0.15, 0.2) is 24.3 Å². The average molecular weight is 400 g/mol. The minimum absolute atomic E-state index is 0.0145. The summed E-state index contributed by atoms with van der Waals surface area (Å²) in [6, 6.07) is 8.11. The molecule has 1 aromatic carbocycles. The van der Waals surface area contributed by atoms with E-state index in [9.17, 15) is 9.59 Å². The molecule has 3 aliphatic rings. The number of amides is 3. The van der Waals surface area contributed by atoms with Crippen molar-refractivity contribution in [2.45, 2.75) is 51.1 Å². The molecule has 0 N–H and O–H groups in total. The Morgan fingerprint density at radius 2 is 1.72 bits per heavy atom. The number of nitrogens with zero attached hydrogens (tertiary/aromatic N) is 3. The number of methoxy groups -OCH3 is 1. The molecule has 0 saturated carbocycles. The smallest absolute Gasteiger partial charge is 0.328 e. The maximum absolute atomic E-state index is 13.7. The lowest BCUT2D eigenvalue weighted by atomic mass is 9.85. The molecular formula is C23H33N3O3. The lowest BCUT2D eigenvalue weighted by Crippen LogP contribution is -2.57. The molecule has 1 aromatic rings. The van der Waals surface area contributed by atoms with Crippen molar-refractivity contribution >= 4 is 11.9 Å². The van der Waals surface area contributed by atoms with Gasteiger partial charge in [-0.1, -0.05) is 38.1 Å². The predicted octanol–water partition coefficient (Wildman–Crippen LogP) is 2.56.